The van der Waals surface area contributed by atoms with Crippen LogP contribution in [0.25, 0.3) is 0 Å². The summed E-state index contributed by atoms with van der Waals surface area (Å²) in [5.74, 6) is -1.45. The first kappa shape index (κ1) is 14.8. The van der Waals surface area contributed by atoms with Crippen LogP contribution >= 0.6 is 15.9 Å². The molecule has 3 nitrogen and oxygen atoms in total. The minimum absolute atomic E-state index is 0.180. The fourth-order valence-electron chi connectivity index (χ4n) is 1.41. The number of carbonyl (C=O) groups is 1. The van der Waals surface area contributed by atoms with Crippen LogP contribution in [0.5, 0.6) is 5.75 Å². The minimum atomic E-state index is -4.87. The lowest BCUT2D eigenvalue weighted by Crippen LogP contribution is -2.38. The van der Waals surface area contributed by atoms with Crippen LogP contribution in [0.4, 0.5) is 13.2 Å². The van der Waals surface area contributed by atoms with Crippen molar-refractivity contribution in [3.63, 3.8) is 0 Å². The second kappa shape index (κ2) is 5.60. The molecule has 0 spiro atoms. The van der Waals surface area contributed by atoms with Crippen molar-refractivity contribution >= 4 is 21.8 Å². The number of hydrogen-bond donors (Lipinski definition) is 0. The molecule has 0 saturated carbocycles. The van der Waals surface area contributed by atoms with Gasteiger partial charge in [0.05, 0.1) is 7.11 Å². The summed E-state index contributed by atoms with van der Waals surface area (Å²) in [5.41, 5.74) is 0.493. The summed E-state index contributed by atoms with van der Waals surface area (Å²) >= 11 is 3.21. The Bertz CT molecular complexity index is 448. The zero-order chi connectivity index (χ0) is 13.9. The van der Waals surface area contributed by atoms with Crippen molar-refractivity contribution in [3.8, 4) is 5.75 Å². The van der Waals surface area contributed by atoms with Gasteiger partial charge < -0.3 is 9.64 Å². The highest BCUT2D eigenvalue weighted by atomic mass is 79.9. The molecule has 0 radical (unpaired) electrons. The molecule has 0 aliphatic carbocycles. The van der Waals surface area contributed by atoms with Crippen molar-refractivity contribution in [3.05, 3.63) is 28.2 Å². The van der Waals surface area contributed by atoms with Crippen LogP contribution in [0.3, 0.4) is 0 Å². The third-order valence-corrected chi connectivity index (χ3v) is 2.73. The van der Waals surface area contributed by atoms with Gasteiger partial charge in [-0.05, 0) is 18.2 Å². The molecule has 0 aliphatic rings. The molecule has 0 aromatic heterocycles. The summed E-state index contributed by atoms with van der Waals surface area (Å²) in [6.45, 7) is -0.180. The molecule has 100 valence electrons. The average molecular weight is 326 g/mol. The minimum Gasteiger partial charge on any atom is -0.496 e. The first-order valence-electron chi connectivity index (χ1n) is 4.90. The molecule has 18 heavy (non-hydrogen) atoms. The molecule has 0 aliphatic heterocycles. The molecule has 1 aromatic rings. The number of nitrogens with zero attached hydrogens (tertiary/aromatic N) is 1. The largest absolute Gasteiger partial charge is 0.496 e. The third kappa shape index (κ3) is 3.63. The Balaban J connectivity index is 2.91. The molecule has 0 fully saturated rings. The number of methoxy groups -OCH3 is 1. The number of rotatable bonds is 3. The zero-order valence-corrected chi connectivity index (χ0v) is 11.3. The third-order valence-electron chi connectivity index (χ3n) is 2.24. The first-order valence-corrected chi connectivity index (χ1v) is 5.69. The van der Waals surface area contributed by atoms with Crippen LogP contribution in [0.15, 0.2) is 22.7 Å². The smallest absolute Gasteiger partial charge is 0.471 e. The molecular weight excluding hydrogens is 315 g/mol. The quantitative estimate of drug-likeness (QED) is 0.855. The monoisotopic (exact) mass is 325 g/mol. The number of halogens is 4. The van der Waals surface area contributed by atoms with Gasteiger partial charge in [-0.25, -0.2) is 0 Å². The standard InChI is InChI=1S/C11H11BrF3NO2/c1-16(10(17)11(13,14)15)6-7-5-8(12)3-4-9(7)18-2/h3-5H,6H2,1-2H3. The molecule has 0 N–H and O–H groups in total. The van der Waals surface area contributed by atoms with E-state index in [0.717, 1.165) is 7.05 Å². The van der Waals surface area contributed by atoms with E-state index in [1.165, 1.54) is 7.11 Å². The van der Waals surface area contributed by atoms with Gasteiger partial charge >= 0.3 is 12.1 Å². The lowest BCUT2D eigenvalue weighted by atomic mass is 10.2. The van der Waals surface area contributed by atoms with Gasteiger partial charge in [0.1, 0.15) is 5.75 Å². The highest BCUT2D eigenvalue weighted by Gasteiger charge is 2.41. The lowest BCUT2D eigenvalue weighted by molar-refractivity contribution is -0.184. The van der Waals surface area contributed by atoms with Gasteiger partial charge in [-0.15, -0.1) is 0 Å². The number of carbonyl (C=O) groups excluding carboxylic acids is 1. The Kier molecular flexibility index (Phi) is 4.61. The second-order valence-corrected chi connectivity index (χ2v) is 4.53. The molecule has 0 unspecified atom stereocenters. The Morgan fingerprint density at radius 3 is 2.56 bits per heavy atom. The molecule has 0 atom stereocenters. The summed E-state index contributed by atoms with van der Waals surface area (Å²) in [5, 5.41) is 0. The van der Waals surface area contributed by atoms with E-state index in [1.54, 1.807) is 18.2 Å². The Hall–Kier alpha value is -1.24. The summed E-state index contributed by atoms with van der Waals surface area (Å²) in [6, 6.07) is 4.93. The maximum atomic E-state index is 12.2. The van der Waals surface area contributed by atoms with E-state index in [9.17, 15) is 18.0 Å². The molecule has 0 bridgehead atoms. The van der Waals surface area contributed by atoms with E-state index in [4.69, 9.17) is 4.74 Å². The molecule has 7 heteroatoms. The molecular formula is C11H11BrF3NO2. The van der Waals surface area contributed by atoms with Crippen molar-refractivity contribution in [2.24, 2.45) is 0 Å². The molecule has 1 rings (SSSR count). The van der Waals surface area contributed by atoms with Gasteiger partial charge in [0.15, 0.2) is 0 Å². The SMILES string of the molecule is COc1ccc(Br)cc1CN(C)C(=O)C(F)(F)F. The van der Waals surface area contributed by atoms with Gasteiger partial charge in [0.25, 0.3) is 0 Å². The average Bonchev–Trinajstić information content (AvgIpc) is 2.27. The van der Waals surface area contributed by atoms with E-state index < -0.39 is 12.1 Å². The molecule has 1 aromatic carbocycles. The fraction of sp³-hybridized carbons (Fsp3) is 0.364. The normalized spacial score (nSPS) is 11.2. The summed E-state index contributed by atoms with van der Waals surface area (Å²) in [4.78, 5) is 11.6. The van der Waals surface area contributed by atoms with Crippen molar-refractivity contribution < 1.29 is 22.7 Å². The van der Waals surface area contributed by atoms with Crippen molar-refractivity contribution in [2.45, 2.75) is 12.7 Å². The van der Waals surface area contributed by atoms with Crippen LogP contribution in [-0.4, -0.2) is 31.1 Å². The lowest BCUT2D eigenvalue weighted by Gasteiger charge is -2.20. The van der Waals surface area contributed by atoms with Crippen LogP contribution < -0.4 is 4.74 Å². The summed E-state index contributed by atoms with van der Waals surface area (Å²) < 4.78 is 42.4. The van der Waals surface area contributed by atoms with Crippen LogP contribution in [0, 0.1) is 0 Å². The summed E-state index contributed by atoms with van der Waals surface area (Å²) in [7, 11) is 2.51. The van der Waals surface area contributed by atoms with Gasteiger partial charge in [-0.1, -0.05) is 15.9 Å². The molecule has 1 amide bonds. The highest BCUT2D eigenvalue weighted by Crippen LogP contribution is 2.25. The Morgan fingerprint density at radius 2 is 2.06 bits per heavy atom. The predicted molar refractivity (Wildman–Crippen MR) is 63.2 cm³/mol. The van der Waals surface area contributed by atoms with Crippen LogP contribution in [-0.2, 0) is 11.3 Å². The number of hydrogen-bond acceptors (Lipinski definition) is 2. The van der Waals surface area contributed by atoms with E-state index in [2.05, 4.69) is 15.9 Å². The van der Waals surface area contributed by atoms with Crippen LogP contribution in [0.1, 0.15) is 5.56 Å². The molecule has 0 heterocycles. The zero-order valence-electron chi connectivity index (χ0n) is 9.71. The number of amides is 1. The van der Waals surface area contributed by atoms with E-state index in [-0.39, 0.29) is 6.54 Å². The molecule has 0 saturated heterocycles. The Labute approximate surface area is 111 Å². The highest BCUT2D eigenvalue weighted by molar-refractivity contribution is 9.10. The number of alkyl halides is 3. The Morgan fingerprint density at radius 1 is 1.44 bits per heavy atom. The van der Waals surface area contributed by atoms with Crippen molar-refractivity contribution in [1.29, 1.82) is 0 Å². The van der Waals surface area contributed by atoms with Crippen molar-refractivity contribution in [1.82, 2.24) is 4.90 Å². The van der Waals surface area contributed by atoms with E-state index >= 15 is 0 Å². The first-order chi connectivity index (χ1) is 8.25. The van der Waals surface area contributed by atoms with Gasteiger partial charge in [0, 0.05) is 23.6 Å². The maximum absolute atomic E-state index is 12.2. The van der Waals surface area contributed by atoms with Crippen LogP contribution in [0.2, 0.25) is 0 Å². The predicted octanol–water partition coefficient (Wildman–Crippen LogP) is 2.98. The van der Waals surface area contributed by atoms with Crippen molar-refractivity contribution in [2.75, 3.05) is 14.2 Å². The topological polar surface area (TPSA) is 29.5 Å². The number of benzene rings is 1. The fourth-order valence-corrected chi connectivity index (χ4v) is 1.82. The summed E-state index contributed by atoms with van der Waals surface area (Å²) in [6.07, 6.45) is -4.87. The van der Waals surface area contributed by atoms with E-state index in [1.807, 2.05) is 0 Å². The van der Waals surface area contributed by atoms with Gasteiger partial charge in [-0.2, -0.15) is 13.2 Å². The van der Waals surface area contributed by atoms with E-state index in [0.29, 0.717) is 20.7 Å². The maximum Gasteiger partial charge on any atom is 0.471 e. The van der Waals surface area contributed by atoms with Gasteiger partial charge in [-0.3, -0.25) is 4.79 Å². The second-order valence-electron chi connectivity index (χ2n) is 3.62. The van der Waals surface area contributed by atoms with Gasteiger partial charge in [0.2, 0.25) is 0 Å². The number of ether oxygens (including phenoxy) is 1.